The zero-order chi connectivity index (χ0) is 12.6. The van der Waals surface area contributed by atoms with Crippen molar-refractivity contribution in [2.45, 2.75) is 44.5 Å². The molecule has 0 rings (SSSR count). The molecule has 16 heavy (non-hydrogen) atoms. The summed E-state index contributed by atoms with van der Waals surface area (Å²) in [5, 5.41) is 26.3. The van der Waals surface area contributed by atoms with E-state index in [1.165, 1.54) is 0 Å². The van der Waals surface area contributed by atoms with Crippen LogP contribution < -0.4 is 5.73 Å². The molecule has 92 valence electrons. The lowest BCUT2D eigenvalue weighted by atomic mass is 9.81. The third kappa shape index (κ3) is 5.90. The molecule has 0 fully saturated rings. The van der Waals surface area contributed by atoms with Gasteiger partial charge in [0.1, 0.15) is 5.54 Å². The van der Waals surface area contributed by atoms with E-state index in [4.69, 9.17) is 20.9 Å². The van der Waals surface area contributed by atoms with Gasteiger partial charge in [-0.05, 0) is 26.1 Å². The summed E-state index contributed by atoms with van der Waals surface area (Å²) in [4.78, 5) is 11.0. The minimum atomic E-state index is -1.33. The van der Waals surface area contributed by atoms with Crippen molar-refractivity contribution in [1.29, 1.82) is 0 Å². The number of carbonyl (C=O) groups is 1. The number of unbranched alkanes of at least 4 members (excludes halogenated alkanes) is 1. The molecule has 0 aliphatic carbocycles. The molecule has 1 unspecified atom stereocenters. The first-order valence-corrected chi connectivity index (χ1v) is 5.42. The molecular formula is C10H20BNO4. The van der Waals surface area contributed by atoms with Crippen molar-refractivity contribution in [2.24, 2.45) is 5.73 Å². The van der Waals surface area contributed by atoms with E-state index in [2.05, 4.69) is 0 Å². The van der Waals surface area contributed by atoms with Gasteiger partial charge in [-0.15, -0.1) is 0 Å². The van der Waals surface area contributed by atoms with Crippen LogP contribution in [0, 0.1) is 0 Å². The average molecular weight is 229 g/mol. The third-order valence-corrected chi connectivity index (χ3v) is 2.48. The van der Waals surface area contributed by atoms with Crippen LogP contribution in [0.5, 0.6) is 0 Å². The smallest absolute Gasteiger partial charge is 0.451 e. The van der Waals surface area contributed by atoms with Gasteiger partial charge in [0.15, 0.2) is 0 Å². The molecule has 0 aliphatic heterocycles. The Morgan fingerprint density at radius 2 is 2.06 bits per heavy atom. The lowest BCUT2D eigenvalue weighted by molar-refractivity contribution is -0.143. The largest absolute Gasteiger partial charge is 0.480 e. The fourth-order valence-electron chi connectivity index (χ4n) is 1.39. The van der Waals surface area contributed by atoms with Crippen molar-refractivity contribution < 1.29 is 19.9 Å². The highest BCUT2D eigenvalue weighted by atomic mass is 16.4. The SMILES string of the molecule is C/C=C/CC(N)(CCCCB(O)O)C(=O)O. The first-order valence-electron chi connectivity index (χ1n) is 5.42. The summed E-state index contributed by atoms with van der Waals surface area (Å²) in [5.74, 6) is -1.02. The molecule has 5 N–H and O–H groups in total. The van der Waals surface area contributed by atoms with E-state index in [0.29, 0.717) is 25.7 Å². The van der Waals surface area contributed by atoms with Gasteiger partial charge in [-0.1, -0.05) is 25.0 Å². The van der Waals surface area contributed by atoms with Crippen LogP contribution >= 0.6 is 0 Å². The molecule has 0 amide bonds. The summed E-state index contributed by atoms with van der Waals surface area (Å²) in [6, 6.07) is 0. The van der Waals surface area contributed by atoms with E-state index in [9.17, 15) is 4.79 Å². The van der Waals surface area contributed by atoms with Gasteiger partial charge in [-0.2, -0.15) is 0 Å². The molecular weight excluding hydrogens is 209 g/mol. The van der Waals surface area contributed by atoms with Crippen molar-refractivity contribution in [2.75, 3.05) is 0 Å². The lowest BCUT2D eigenvalue weighted by Crippen LogP contribution is -2.47. The molecule has 0 bridgehead atoms. The van der Waals surface area contributed by atoms with Gasteiger partial charge >= 0.3 is 13.1 Å². The second-order valence-corrected chi connectivity index (χ2v) is 3.96. The van der Waals surface area contributed by atoms with Gasteiger partial charge in [0.25, 0.3) is 0 Å². The monoisotopic (exact) mass is 229 g/mol. The average Bonchev–Trinajstić information content (AvgIpc) is 2.21. The quantitative estimate of drug-likeness (QED) is 0.273. The number of carboxylic acid groups (broad SMARTS) is 1. The summed E-state index contributed by atoms with van der Waals surface area (Å²) in [7, 11) is -1.33. The van der Waals surface area contributed by atoms with E-state index in [1.807, 2.05) is 6.92 Å². The Balaban J connectivity index is 4.08. The van der Waals surface area contributed by atoms with Crippen LogP contribution in [0.2, 0.25) is 6.32 Å². The summed E-state index contributed by atoms with van der Waals surface area (Å²) >= 11 is 0. The van der Waals surface area contributed by atoms with Crippen LogP contribution in [0.4, 0.5) is 0 Å². The first-order chi connectivity index (χ1) is 7.42. The number of rotatable bonds is 8. The number of carboxylic acids is 1. The zero-order valence-electron chi connectivity index (χ0n) is 9.59. The Morgan fingerprint density at radius 1 is 1.44 bits per heavy atom. The van der Waals surface area contributed by atoms with Gasteiger partial charge in [-0.3, -0.25) is 4.79 Å². The molecule has 1 atom stereocenters. The van der Waals surface area contributed by atoms with E-state index in [1.54, 1.807) is 12.2 Å². The Morgan fingerprint density at radius 3 is 2.50 bits per heavy atom. The molecule has 0 radical (unpaired) electrons. The second kappa shape index (κ2) is 7.43. The van der Waals surface area contributed by atoms with Crippen LogP contribution in [0.15, 0.2) is 12.2 Å². The summed E-state index contributed by atoms with van der Waals surface area (Å²) in [5.41, 5.74) is 4.52. The standard InChI is InChI=1S/C10H20BNO4/c1-2-3-6-10(12,9(13)14)7-4-5-8-11(15)16/h2-3,15-16H,4-8,12H2,1H3,(H,13,14)/b3-2+. The number of nitrogens with two attached hydrogens (primary N) is 1. The van der Waals surface area contributed by atoms with E-state index >= 15 is 0 Å². The number of allylic oxidation sites excluding steroid dienone is 1. The Hall–Kier alpha value is -0.845. The molecule has 0 aromatic heterocycles. The topological polar surface area (TPSA) is 104 Å². The predicted molar refractivity (Wildman–Crippen MR) is 62.8 cm³/mol. The minimum absolute atomic E-state index is 0.249. The van der Waals surface area contributed by atoms with Crippen LogP contribution in [0.1, 0.15) is 32.6 Å². The highest BCUT2D eigenvalue weighted by Gasteiger charge is 2.31. The van der Waals surface area contributed by atoms with Crippen LogP contribution in [-0.4, -0.2) is 33.8 Å². The van der Waals surface area contributed by atoms with Crippen molar-refractivity contribution in [3.63, 3.8) is 0 Å². The van der Waals surface area contributed by atoms with Crippen LogP contribution in [-0.2, 0) is 4.79 Å². The van der Waals surface area contributed by atoms with Crippen molar-refractivity contribution >= 4 is 13.1 Å². The molecule has 0 saturated carbocycles. The molecule has 0 saturated heterocycles. The molecule has 0 spiro atoms. The molecule has 0 heterocycles. The van der Waals surface area contributed by atoms with Gasteiger partial charge in [0, 0.05) is 0 Å². The zero-order valence-corrected chi connectivity index (χ0v) is 9.59. The van der Waals surface area contributed by atoms with Crippen LogP contribution in [0.25, 0.3) is 0 Å². The third-order valence-electron chi connectivity index (χ3n) is 2.48. The number of hydrogen-bond acceptors (Lipinski definition) is 4. The van der Waals surface area contributed by atoms with E-state index < -0.39 is 18.6 Å². The summed E-state index contributed by atoms with van der Waals surface area (Å²) < 4.78 is 0. The van der Waals surface area contributed by atoms with Gasteiger partial charge in [0.05, 0.1) is 0 Å². The lowest BCUT2D eigenvalue weighted by Gasteiger charge is -2.23. The molecule has 0 aliphatic rings. The van der Waals surface area contributed by atoms with E-state index in [-0.39, 0.29) is 6.32 Å². The predicted octanol–water partition coefficient (Wildman–Crippen LogP) is 0.378. The van der Waals surface area contributed by atoms with Crippen LogP contribution in [0.3, 0.4) is 0 Å². The first kappa shape index (κ1) is 15.2. The molecule has 6 heteroatoms. The van der Waals surface area contributed by atoms with Crippen molar-refractivity contribution in [3.05, 3.63) is 12.2 Å². The minimum Gasteiger partial charge on any atom is -0.480 e. The molecule has 0 aromatic carbocycles. The maximum Gasteiger partial charge on any atom is 0.451 e. The van der Waals surface area contributed by atoms with Crippen molar-refractivity contribution in [1.82, 2.24) is 0 Å². The normalized spacial score (nSPS) is 15.0. The van der Waals surface area contributed by atoms with Crippen molar-refractivity contribution in [3.8, 4) is 0 Å². The Labute approximate surface area is 96.1 Å². The van der Waals surface area contributed by atoms with Gasteiger partial charge in [-0.25, -0.2) is 0 Å². The maximum atomic E-state index is 11.0. The summed E-state index contributed by atoms with van der Waals surface area (Å²) in [6.45, 7) is 1.81. The molecule has 5 nitrogen and oxygen atoms in total. The number of hydrogen-bond donors (Lipinski definition) is 4. The molecule has 0 aromatic rings. The number of aliphatic carboxylic acids is 1. The van der Waals surface area contributed by atoms with E-state index in [0.717, 1.165) is 0 Å². The van der Waals surface area contributed by atoms with Gasteiger partial charge in [0.2, 0.25) is 0 Å². The highest BCUT2D eigenvalue weighted by molar-refractivity contribution is 6.40. The Bertz CT molecular complexity index is 245. The summed E-state index contributed by atoms with van der Waals surface area (Å²) in [6.07, 6.45) is 5.49. The Kier molecular flexibility index (Phi) is 7.04. The van der Waals surface area contributed by atoms with Gasteiger partial charge < -0.3 is 20.9 Å². The maximum absolute atomic E-state index is 11.0. The second-order valence-electron chi connectivity index (χ2n) is 3.96. The fourth-order valence-corrected chi connectivity index (χ4v) is 1.39. The highest BCUT2D eigenvalue weighted by Crippen LogP contribution is 2.18. The fraction of sp³-hybridized carbons (Fsp3) is 0.700.